The van der Waals surface area contributed by atoms with Crippen LogP contribution in [-0.2, 0) is 0 Å². The van der Waals surface area contributed by atoms with Crippen LogP contribution in [0.2, 0.25) is 0 Å². The molecule has 2 heterocycles. The van der Waals surface area contributed by atoms with Crippen LogP contribution < -0.4 is 16.0 Å². The molecule has 3 rings (SSSR count). The minimum atomic E-state index is -0.569. The molecule has 124 valence electrons. The van der Waals surface area contributed by atoms with Gasteiger partial charge in [-0.1, -0.05) is 0 Å². The minimum absolute atomic E-state index is 0.00419. The standard InChI is InChI=1S/C16H21FN4O2/c1-10-8-11(18)4-6-20(10)15(22)13-9-12(2-3-14(13)17)21-7-5-19-16(21)23/h2-3,9-11H,4-8,18H2,1H3,(H,19,23)/t10-,11+/m1/s1. The van der Waals surface area contributed by atoms with Crippen molar-refractivity contribution in [2.75, 3.05) is 24.5 Å². The monoisotopic (exact) mass is 320 g/mol. The summed E-state index contributed by atoms with van der Waals surface area (Å²) in [7, 11) is 0. The van der Waals surface area contributed by atoms with Gasteiger partial charge >= 0.3 is 6.03 Å². The quantitative estimate of drug-likeness (QED) is 0.862. The Morgan fingerprint density at radius 3 is 2.83 bits per heavy atom. The van der Waals surface area contributed by atoms with E-state index >= 15 is 0 Å². The summed E-state index contributed by atoms with van der Waals surface area (Å²) in [6, 6.07) is 4.06. The van der Waals surface area contributed by atoms with Crippen LogP contribution in [0.4, 0.5) is 14.9 Å². The number of urea groups is 1. The van der Waals surface area contributed by atoms with Gasteiger partial charge < -0.3 is 16.0 Å². The van der Waals surface area contributed by atoms with Gasteiger partial charge in [0.05, 0.1) is 5.56 Å². The first kappa shape index (κ1) is 15.7. The van der Waals surface area contributed by atoms with Crippen LogP contribution in [0.3, 0.4) is 0 Å². The summed E-state index contributed by atoms with van der Waals surface area (Å²) in [5, 5.41) is 2.69. The van der Waals surface area contributed by atoms with Crippen molar-refractivity contribution in [3.63, 3.8) is 0 Å². The van der Waals surface area contributed by atoms with E-state index in [-0.39, 0.29) is 29.6 Å². The highest BCUT2D eigenvalue weighted by atomic mass is 19.1. The zero-order chi connectivity index (χ0) is 16.6. The largest absolute Gasteiger partial charge is 0.336 e. The highest BCUT2D eigenvalue weighted by molar-refractivity contribution is 5.98. The molecule has 3 N–H and O–H groups in total. The van der Waals surface area contributed by atoms with Crippen molar-refractivity contribution in [1.29, 1.82) is 0 Å². The van der Waals surface area contributed by atoms with E-state index in [0.717, 1.165) is 0 Å². The SMILES string of the molecule is C[C@@H]1C[C@@H](N)CCN1C(=O)c1cc(N2CCNC2=O)ccc1F. The first-order valence-electron chi connectivity index (χ1n) is 7.89. The van der Waals surface area contributed by atoms with Gasteiger partial charge in [0.1, 0.15) is 5.82 Å². The number of carbonyl (C=O) groups excluding carboxylic acids is 2. The van der Waals surface area contributed by atoms with Gasteiger partial charge in [0.2, 0.25) is 0 Å². The molecule has 0 unspecified atom stereocenters. The van der Waals surface area contributed by atoms with Gasteiger partial charge in [-0.15, -0.1) is 0 Å². The number of nitrogens with one attached hydrogen (secondary N) is 1. The number of amides is 3. The molecular weight excluding hydrogens is 299 g/mol. The van der Waals surface area contributed by atoms with Crippen molar-refractivity contribution < 1.29 is 14.0 Å². The van der Waals surface area contributed by atoms with Gasteiger partial charge in [-0.05, 0) is 38.0 Å². The summed E-state index contributed by atoms with van der Waals surface area (Å²) < 4.78 is 14.2. The number of rotatable bonds is 2. The fraction of sp³-hybridized carbons (Fsp3) is 0.500. The molecule has 0 aromatic heterocycles. The van der Waals surface area contributed by atoms with E-state index in [1.165, 1.54) is 23.1 Å². The van der Waals surface area contributed by atoms with E-state index in [2.05, 4.69) is 5.32 Å². The Kier molecular flexibility index (Phi) is 4.21. The van der Waals surface area contributed by atoms with E-state index in [1.807, 2.05) is 6.92 Å². The number of likely N-dealkylation sites (tertiary alicyclic amines) is 1. The molecule has 7 heteroatoms. The van der Waals surface area contributed by atoms with Crippen LogP contribution in [0.5, 0.6) is 0 Å². The first-order valence-corrected chi connectivity index (χ1v) is 7.89. The van der Waals surface area contributed by atoms with Gasteiger partial charge in [0, 0.05) is 37.4 Å². The minimum Gasteiger partial charge on any atom is -0.336 e. The maximum Gasteiger partial charge on any atom is 0.321 e. The van der Waals surface area contributed by atoms with Crippen LogP contribution in [-0.4, -0.2) is 48.6 Å². The third-order valence-corrected chi connectivity index (χ3v) is 4.53. The number of benzene rings is 1. The Hall–Kier alpha value is -2.15. The topological polar surface area (TPSA) is 78.7 Å². The van der Waals surface area contributed by atoms with Crippen molar-refractivity contribution in [2.24, 2.45) is 5.73 Å². The molecule has 2 fully saturated rings. The van der Waals surface area contributed by atoms with Gasteiger partial charge in [0.15, 0.2) is 0 Å². The number of hydrogen-bond donors (Lipinski definition) is 2. The molecule has 6 nitrogen and oxygen atoms in total. The first-order chi connectivity index (χ1) is 11.0. The van der Waals surface area contributed by atoms with Crippen molar-refractivity contribution in [3.05, 3.63) is 29.6 Å². The summed E-state index contributed by atoms with van der Waals surface area (Å²) in [5.41, 5.74) is 6.45. The molecule has 2 aliphatic rings. The van der Waals surface area contributed by atoms with Crippen molar-refractivity contribution in [2.45, 2.75) is 31.8 Å². The van der Waals surface area contributed by atoms with E-state index in [0.29, 0.717) is 38.2 Å². The number of anilines is 1. The fourth-order valence-electron chi connectivity index (χ4n) is 3.23. The number of nitrogens with zero attached hydrogens (tertiary/aromatic N) is 2. The number of piperidine rings is 1. The molecular formula is C16H21FN4O2. The van der Waals surface area contributed by atoms with Crippen LogP contribution in [0, 0.1) is 5.82 Å². The fourth-order valence-corrected chi connectivity index (χ4v) is 3.23. The molecule has 0 radical (unpaired) electrons. The summed E-state index contributed by atoms with van der Waals surface area (Å²) >= 11 is 0. The molecule has 2 aliphatic heterocycles. The summed E-state index contributed by atoms with van der Waals surface area (Å²) in [6.45, 7) is 3.50. The van der Waals surface area contributed by atoms with Gasteiger partial charge in [-0.3, -0.25) is 9.69 Å². The Morgan fingerprint density at radius 2 is 2.17 bits per heavy atom. The molecule has 3 amide bonds. The summed E-state index contributed by atoms with van der Waals surface area (Å²) in [6.07, 6.45) is 1.42. The Morgan fingerprint density at radius 1 is 1.39 bits per heavy atom. The summed E-state index contributed by atoms with van der Waals surface area (Å²) in [4.78, 5) is 27.6. The van der Waals surface area contributed by atoms with Crippen LogP contribution in [0.1, 0.15) is 30.1 Å². The number of hydrogen-bond acceptors (Lipinski definition) is 3. The highest BCUT2D eigenvalue weighted by Crippen LogP contribution is 2.24. The third-order valence-electron chi connectivity index (χ3n) is 4.53. The average Bonchev–Trinajstić information content (AvgIpc) is 2.93. The molecule has 2 atom stereocenters. The van der Waals surface area contributed by atoms with E-state index in [4.69, 9.17) is 5.73 Å². The molecule has 2 saturated heterocycles. The van der Waals surface area contributed by atoms with Gasteiger partial charge in [-0.2, -0.15) is 0 Å². The highest BCUT2D eigenvalue weighted by Gasteiger charge is 2.30. The molecule has 0 aliphatic carbocycles. The summed E-state index contributed by atoms with van der Waals surface area (Å²) in [5.74, 6) is -0.913. The van der Waals surface area contributed by atoms with Crippen LogP contribution in [0.15, 0.2) is 18.2 Å². The lowest BCUT2D eigenvalue weighted by Crippen LogP contribution is -2.48. The maximum absolute atomic E-state index is 14.2. The lowest BCUT2D eigenvalue weighted by molar-refractivity contribution is 0.0614. The normalized spacial score (nSPS) is 24.7. The van der Waals surface area contributed by atoms with Crippen molar-refractivity contribution in [3.8, 4) is 0 Å². The average molecular weight is 320 g/mol. The second-order valence-electron chi connectivity index (χ2n) is 6.18. The Balaban J connectivity index is 1.86. The van der Waals surface area contributed by atoms with E-state index < -0.39 is 5.82 Å². The predicted molar refractivity (Wildman–Crippen MR) is 84.9 cm³/mol. The Labute approximate surface area is 134 Å². The predicted octanol–water partition coefficient (Wildman–Crippen LogP) is 1.31. The third kappa shape index (κ3) is 3.01. The second kappa shape index (κ2) is 6.16. The second-order valence-corrected chi connectivity index (χ2v) is 6.18. The van der Waals surface area contributed by atoms with Crippen molar-refractivity contribution >= 4 is 17.6 Å². The maximum atomic E-state index is 14.2. The smallest absolute Gasteiger partial charge is 0.321 e. The molecule has 0 bridgehead atoms. The van der Waals surface area contributed by atoms with E-state index in [1.54, 1.807) is 4.90 Å². The zero-order valence-electron chi connectivity index (χ0n) is 13.1. The van der Waals surface area contributed by atoms with E-state index in [9.17, 15) is 14.0 Å². The Bertz CT molecular complexity index is 637. The molecule has 0 spiro atoms. The van der Waals surface area contributed by atoms with Gasteiger partial charge in [-0.25, -0.2) is 9.18 Å². The lowest BCUT2D eigenvalue weighted by atomic mass is 9.98. The number of halogens is 1. The molecule has 0 saturated carbocycles. The van der Waals surface area contributed by atoms with Crippen molar-refractivity contribution in [1.82, 2.24) is 10.2 Å². The van der Waals surface area contributed by atoms with Crippen LogP contribution >= 0.6 is 0 Å². The van der Waals surface area contributed by atoms with Gasteiger partial charge in [0.25, 0.3) is 5.91 Å². The number of carbonyl (C=O) groups is 2. The molecule has 1 aromatic rings. The van der Waals surface area contributed by atoms with Crippen LogP contribution in [0.25, 0.3) is 0 Å². The lowest BCUT2D eigenvalue weighted by Gasteiger charge is -2.36. The zero-order valence-corrected chi connectivity index (χ0v) is 13.1. The molecule has 1 aromatic carbocycles. The molecule has 23 heavy (non-hydrogen) atoms. The number of nitrogens with two attached hydrogens (primary N) is 1.